The van der Waals surface area contributed by atoms with E-state index >= 15 is 0 Å². The molecular formula is C10H10F2O. The normalized spacial score (nSPS) is 10.5. The Kier molecular flexibility index (Phi) is 3.12. The molecule has 0 saturated heterocycles. The van der Waals surface area contributed by atoms with Gasteiger partial charge in [-0.2, -0.15) is 0 Å². The highest BCUT2D eigenvalue weighted by Gasteiger charge is 2.11. The Labute approximate surface area is 75.4 Å². The van der Waals surface area contributed by atoms with Gasteiger partial charge in [0.1, 0.15) is 6.29 Å². The smallest absolute Gasteiger partial charge is 0.264 e. The molecule has 70 valence electrons. The van der Waals surface area contributed by atoms with Crippen molar-refractivity contribution in [3.8, 4) is 0 Å². The predicted octanol–water partition coefficient (Wildman–Crippen LogP) is 2.67. The molecule has 0 aliphatic rings. The zero-order valence-electron chi connectivity index (χ0n) is 7.26. The number of carbonyl (C=O) groups is 1. The van der Waals surface area contributed by atoms with Crippen LogP contribution in [0.25, 0.3) is 0 Å². The van der Waals surface area contributed by atoms with Gasteiger partial charge < -0.3 is 4.79 Å². The van der Waals surface area contributed by atoms with Gasteiger partial charge in [0.05, 0.1) is 0 Å². The van der Waals surface area contributed by atoms with Crippen LogP contribution in [0.3, 0.4) is 0 Å². The van der Waals surface area contributed by atoms with E-state index in [1.54, 1.807) is 19.1 Å². The molecule has 0 radical (unpaired) electrons. The minimum absolute atomic E-state index is 0.0133. The van der Waals surface area contributed by atoms with E-state index < -0.39 is 6.43 Å². The molecule has 0 atom stereocenters. The number of hydrogen-bond donors (Lipinski definition) is 0. The van der Waals surface area contributed by atoms with Crippen molar-refractivity contribution < 1.29 is 13.6 Å². The molecule has 0 aliphatic heterocycles. The van der Waals surface area contributed by atoms with Gasteiger partial charge in [-0.25, -0.2) is 8.78 Å². The Morgan fingerprint density at radius 2 is 2.15 bits per heavy atom. The summed E-state index contributed by atoms with van der Waals surface area (Å²) in [6.07, 6.45) is -1.55. The molecule has 1 rings (SSSR count). The van der Waals surface area contributed by atoms with Crippen molar-refractivity contribution in [2.75, 3.05) is 0 Å². The standard InChI is InChI=1S/C10H10F2O/c1-7-8(5-6-13)3-2-4-9(7)10(11)12/h2-4,6,10H,5H2,1H3. The van der Waals surface area contributed by atoms with Crippen molar-refractivity contribution in [2.45, 2.75) is 19.8 Å². The molecule has 0 amide bonds. The molecular weight excluding hydrogens is 174 g/mol. The predicted molar refractivity (Wildman–Crippen MR) is 45.9 cm³/mol. The highest BCUT2D eigenvalue weighted by Crippen LogP contribution is 2.24. The van der Waals surface area contributed by atoms with E-state index in [9.17, 15) is 13.6 Å². The van der Waals surface area contributed by atoms with Crippen LogP contribution >= 0.6 is 0 Å². The van der Waals surface area contributed by atoms with Gasteiger partial charge in [0.25, 0.3) is 6.43 Å². The summed E-state index contributed by atoms with van der Waals surface area (Å²) in [7, 11) is 0. The SMILES string of the molecule is Cc1c(CC=O)cccc1C(F)F. The first kappa shape index (κ1) is 9.84. The van der Waals surface area contributed by atoms with Crippen LogP contribution in [0, 0.1) is 6.92 Å². The Bertz CT molecular complexity index is 308. The first-order chi connectivity index (χ1) is 6.16. The first-order valence-corrected chi connectivity index (χ1v) is 3.97. The van der Waals surface area contributed by atoms with Crippen LogP contribution in [0.1, 0.15) is 23.1 Å². The molecule has 0 fully saturated rings. The van der Waals surface area contributed by atoms with Gasteiger partial charge in [-0.15, -0.1) is 0 Å². The molecule has 0 N–H and O–H groups in total. The van der Waals surface area contributed by atoms with E-state index in [0.29, 0.717) is 11.1 Å². The van der Waals surface area contributed by atoms with Crippen LogP contribution in [0.15, 0.2) is 18.2 Å². The van der Waals surface area contributed by atoms with Crippen molar-refractivity contribution in [3.05, 3.63) is 34.9 Å². The van der Waals surface area contributed by atoms with Crippen LogP contribution in [-0.4, -0.2) is 6.29 Å². The maximum absolute atomic E-state index is 12.4. The third-order valence-corrected chi connectivity index (χ3v) is 2.03. The molecule has 0 aromatic heterocycles. The van der Waals surface area contributed by atoms with Gasteiger partial charge in [0.2, 0.25) is 0 Å². The lowest BCUT2D eigenvalue weighted by atomic mass is 10.0. The van der Waals surface area contributed by atoms with Crippen molar-refractivity contribution in [2.24, 2.45) is 0 Å². The Morgan fingerprint density at radius 3 is 2.69 bits per heavy atom. The number of halogens is 2. The molecule has 0 unspecified atom stereocenters. The Balaban J connectivity index is 3.10. The molecule has 1 nitrogen and oxygen atoms in total. The third-order valence-electron chi connectivity index (χ3n) is 2.03. The second kappa shape index (κ2) is 4.12. The maximum Gasteiger partial charge on any atom is 0.264 e. The minimum Gasteiger partial charge on any atom is -0.303 e. The average Bonchev–Trinajstić information content (AvgIpc) is 2.08. The van der Waals surface area contributed by atoms with Gasteiger partial charge in [-0.3, -0.25) is 0 Å². The molecule has 0 heterocycles. The lowest BCUT2D eigenvalue weighted by Crippen LogP contribution is -1.96. The van der Waals surface area contributed by atoms with Gasteiger partial charge in [0.15, 0.2) is 0 Å². The summed E-state index contributed by atoms with van der Waals surface area (Å²) in [4.78, 5) is 10.2. The van der Waals surface area contributed by atoms with Crippen LogP contribution in [0.2, 0.25) is 0 Å². The van der Waals surface area contributed by atoms with E-state index in [-0.39, 0.29) is 12.0 Å². The summed E-state index contributed by atoms with van der Waals surface area (Å²) < 4.78 is 24.7. The lowest BCUT2D eigenvalue weighted by molar-refractivity contribution is -0.107. The van der Waals surface area contributed by atoms with Crippen molar-refractivity contribution >= 4 is 6.29 Å². The number of alkyl halides is 2. The van der Waals surface area contributed by atoms with Gasteiger partial charge in [-0.05, 0) is 18.1 Å². The highest BCUT2D eigenvalue weighted by atomic mass is 19.3. The monoisotopic (exact) mass is 184 g/mol. The van der Waals surface area contributed by atoms with Crippen molar-refractivity contribution in [3.63, 3.8) is 0 Å². The van der Waals surface area contributed by atoms with Crippen molar-refractivity contribution in [1.29, 1.82) is 0 Å². The molecule has 3 heteroatoms. The van der Waals surface area contributed by atoms with E-state index in [1.807, 2.05) is 0 Å². The van der Waals surface area contributed by atoms with Gasteiger partial charge in [0, 0.05) is 12.0 Å². The quantitative estimate of drug-likeness (QED) is 0.660. The molecule has 0 saturated carbocycles. The Hall–Kier alpha value is -1.25. The molecule has 1 aromatic rings. The summed E-state index contributed by atoms with van der Waals surface area (Å²) in [6.45, 7) is 1.61. The fourth-order valence-electron chi connectivity index (χ4n) is 1.25. The average molecular weight is 184 g/mol. The van der Waals surface area contributed by atoms with Gasteiger partial charge in [-0.1, -0.05) is 18.2 Å². The summed E-state index contributed by atoms with van der Waals surface area (Å²) >= 11 is 0. The van der Waals surface area contributed by atoms with E-state index in [1.165, 1.54) is 6.07 Å². The van der Waals surface area contributed by atoms with Gasteiger partial charge >= 0.3 is 0 Å². The second-order valence-corrected chi connectivity index (χ2v) is 2.80. The summed E-state index contributed by atoms with van der Waals surface area (Å²) in [5.74, 6) is 0. The first-order valence-electron chi connectivity index (χ1n) is 3.97. The molecule has 0 aliphatic carbocycles. The largest absolute Gasteiger partial charge is 0.303 e. The van der Waals surface area contributed by atoms with E-state index in [0.717, 1.165) is 6.29 Å². The summed E-state index contributed by atoms with van der Waals surface area (Å²) in [5.41, 5.74) is 1.21. The van der Waals surface area contributed by atoms with E-state index in [4.69, 9.17) is 0 Å². The third kappa shape index (κ3) is 2.11. The van der Waals surface area contributed by atoms with Crippen LogP contribution < -0.4 is 0 Å². The summed E-state index contributed by atoms with van der Waals surface area (Å²) in [5, 5.41) is 0. The maximum atomic E-state index is 12.4. The van der Waals surface area contributed by atoms with Crippen molar-refractivity contribution in [1.82, 2.24) is 0 Å². The molecule has 0 bridgehead atoms. The number of carbonyl (C=O) groups excluding carboxylic acids is 1. The fourth-order valence-corrected chi connectivity index (χ4v) is 1.25. The van der Waals surface area contributed by atoms with Crippen LogP contribution in [0.5, 0.6) is 0 Å². The molecule has 13 heavy (non-hydrogen) atoms. The zero-order chi connectivity index (χ0) is 9.84. The number of benzene rings is 1. The fraction of sp³-hybridized carbons (Fsp3) is 0.300. The highest BCUT2D eigenvalue weighted by molar-refractivity contribution is 5.56. The molecule has 1 aromatic carbocycles. The minimum atomic E-state index is -2.47. The zero-order valence-corrected chi connectivity index (χ0v) is 7.26. The lowest BCUT2D eigenvalue weighted by Gasteiger charge is -2.07. The molecule has 0 spiro atoms. The van der Waals surface area contributed by atoms with Crippen LogP contribution in [-0.2, 0) is 11.2 Å². The number of aldehydes is 1. The Morgan fingerprint density at radius 1 is 1.46 bits per heavy atom. The second-order valence-electron chi connectivity index (χ2n) is 2.80. The topological polar surface area (TPSA) is 17.1 Å². The summed E-state index contributed by atoms with van der Waals surface area (Å²) in [6, 6.07) is 4.62. The number of hydrogen-bond acceptors (Lipinski definition) is 1. The van der Waals surface area contributed by atoms with E-state index in [2.05, 4.69) is 0 Å². The number of rotatable bonds is 3. The van der Waals surface area contributed by atoms with Crippen LogP contribution in [0.4, 0.5) is 8.78 Å².